The molecule has 0 bridgehead atoms. The van der Waals surface area contributed by atoms with Crippen LogP contribution < -0.4 is 10.6 Å². The molecule has 1 aromatic heterocycles. The summed E-state index contributed by atoms with van der Waals surface area (Å²) in [4.78, 5) is 18.7. The summed E-state index contributed by atoms with van der Waals surface area (Å²) >= 11 is 11.9. The molecule has 1 atom stereocenters. The fourth-order valence-corrected chi connectivity index (χ4v) is 3.25. The quantitative estimate of drug-likeness (QED) is 0.707. The number of rotatable bonds is 5. The Hall–Kier alpha value is -2.02. The highest BCUT2D eigenvalue weighted by molar-refractivity contribution is 6.42. The van der Waals surface area contributed by atoms with E-state index in [1.54, 1.807) is 17.0 Å². The van der Waals surface area contributed by atoms with Gasteiger partial charge in [-0.1, -0.05) is 29.3 Å². The number of aromatic nitrogens is 1. The van der Waals surface area contributed by atoms with Gasteiger partial charge in [-0.05, 0) is 48.2 Å². The van der Waals surface area contributed by atoms with E-state index < -0.39 is 0 Å². The molecule has 1 unspecified atom stereocenters. The lowest BCUT2D eigenvalue weighted by molar-refractivity contribution is 0.192. The van der Waals surface area contributed by atoms with E-state index >= 15 is 0 Å². The van der Waals surface area contributed by atoms with Crippen LogP contribution in [0.5, 0.6) is 0 Å². The van der Waals surface area contributed by atoms with Crippen LogP contribution in [-0.4, -0.2) is 40.2 Å². The first-order valence-electron chi connectivity index (χ1n) is 8.78. The lowest BCUT2D eigenvalue weighted by atomic mass is 10.0. The Labute approximate surface area is 168 Å². The number of urea groups is 1. The van der Waals surface area contributed by atoms with Crippen molar-refractivity contribution in [3.63, 3.8) is 0 Å². The predicted molar refractivity (Wildman–Crippen MR) is 107 cm³/mol. The molecule has 2 heterocycles. The molecular formula is C19H22Cl2N4O2. The monoisotopic (exact) mass is 408 g/mol. The van der Waals surface area contributed by atoms with Crippen molar-refractivity contribution in [2.45, 2.75) is 32.5 Å². The van der Waals surface area contributed by atoms with Gasteiger partial charge < -0.3 is 20.6 Å². The lowest BCUT2D eigenvalue weighted by Crippen LogP contribution is -2.42. The normalized spacial score (nSPS) is 14.4. The molecule has 2 amide bonds. The molecule has 1 aliphatic heterocycles. The van der Waals surface area contributed by atoms with Gasteiger partial charge in [0.2, 0.25) is 0 Å². The zero-order valence-corrected chi connectivity index (χ0v) is 16.5. The molecular weight excluding hydrogens is 387 g/mol. The van der Waals surface area contributed by atoms with Crippen LogP contribution in [0.3, 0.4) is 0 Å². The number of aliphatic hydroxyl groups excluding tert-OH is 1. The Balaban J connectivity index is 1.61. The summed E-state index contributed by atoms with van der Waals surface area (Å²) in [7, 11) is 0. The lowest BCUT2D eigenvalue weighted by Gasteiger charge is -2.29. The van der Waals surface area contributed by atoms with E-state index in [2.05, 4.69) is 15.6 Å². The summed E-state index contributed by atoms with van der Waals surface area (Å²) in [6, 6.07) is 7.05. The standard InChI is InChI=1S/C19H22Cl2N4O2/c1-12(11-26)24-18-7-15-10-25(5-4-14(15)9-22-18)19(27)23-8-13-2-3-16(20)17(21)6-13/h2-3,6-7,9,12,26H,4-5,8,10-11H2,1H3,(H,22,24)(H,23,27). The molecule has 8 heteroatoms. The van der Waals surface area contributed by atoms with Crippen molar-refractivity contribution in [2.24, 2.45) is 0 Å². The maximum absolute atomic E-state index is 12.5. The Kier molecular flexibility index (Phi) is 6.42. The van der Waals surface area contributed by atoms with Gasteiger partial charge in [-0.15, -0.1) is 0 Å². The summed E-state index contributed by atoms with van der Waals surface area (Å²) in [5.74, 6) is 0.702. The smallest absolute Gasteiger partial charge is 0.317 e. The zero-order valence-electron chi connectivity index (χ0n) is 15.0. The Bertz CT molecular complexity index is 831. The molecule has 0 saturated heterocycles. The van der Waals surface area contributed by atoms with E-state index in [-0.39, 0.29) is 18.7 Å². The third-order valence-corrected chi connectivity index (χ3v) is 5.22. The van der Waals surface area contributed by atoms with Crippen LogP contribution in [-0.2, 0) is 19.5 Å². The Morgan fingerprint density at radius 2 is 2.11 bits per heavy atom. The van der Waals surface area contributed by atoms with Crippen molar-refractivity contribution in [1.82, 2.24) is 15.2 Å². The molecule has 6 nitrogen and oxygen atoms in total. The molecule has 0 fully saturated rings. The van der Waals surface area contributed by atoms with Crippen LogP contribution in [0.2, 0.25) is 10.0 Å². The van der Waals surface area contributed by atoms with Crippen LogP contribution in [0.15, 0.2) is 30.5 Å². The Morgan fingerprint density at radius 3 is 2.85 bits per heavy atom. The number of aliphatic hydroxyl groups is 1. The molecule has 0 saturated carbocycles. The first-order valence-corrected chi connectivity index (χ1v) is 9.53. The average molecular weight is 409 g/mol. The van der Waals surface area contributed by atoms with Gasteiger partial charge >= 0.3 is 6.03 Å². The van der Waals surface area contributed by atoms with Gasteiger partial charge in [0.05, 0.1) is 16.7 Å². The molecule has 27 heavy (non-hydrogen) atoms. The first-order chi connectivity index (χ1) is 13.0. The average Bonchev–Trinajstić information content (AvgIpc) is 2.68. The van der Waals surface area contributed by atoms with Crippen molar-refractivity contribution in [1.29, 1.82) is 0 Å². The molecule has 0 spiro atoms. The molecule has 144 valence electrons. The molecule has 3 N–H and O–H groups in total. The summed E-state index contributed by atoms with van der Waals surface area (Å²) in [6.45, 7) is 3.46. The summed E-state index contributed by atoms with van der Waals surface area (Å²) in [6.07, 6.45) is 2.60. The van der Waals surface area contributed by atoms with E-state index in [4.69, 9.17) is 28.3 Å². The van der Waals surface area contributed by atoms with Crippen molar-refractivity contribution >= 4 is 35.1 Å². The number of pyridine rings is 1. The largest absolute Gasteiger partial charge is 0.394 e. The van der Waals surface area contributed by atoms with Crippen LogP contribution in [0.4, 0.5) is 10.6 Å². The number of carbonyl (C=O) groups excluding carboxylic acids is 1. The number of hydrogen-bond acceptors (Lipinski definition) is 4. The maximum atomic E-state index is 12.5. The van der Waals surface area contributed by atoms with E-state index in [1.165, 1.54) is 0 Å². The topological polar surface area (TPSA) is 77.5 Å². The summed E-state index contributed by atoms with van der Waals surface area (Å²) in [5, 5.41) is 16.2. The van der Waals surface area contributed by atoms with Crippen LogP contribution in [0, 0.1) is 0 Å². The second-order valence-electron chi connectivity index (χ2n) is 6.64. The second kappa shape index (κ2) is 8.78. The number of hydrogen-bond donors (Lipinski definition) is 3. The fraction of sp³-hybridized carbons (Fsp3) is 0.368. The number of carbonyl (C=O) groups is 1. The molecule has 0 aliphatic carbocycles. The van der Waals surface area contributed by atoms with Gasteiger partial charge in [0, 0.05) is 31.9 Å². The minimum atomic E-state index is -0.123. The van der Waals surface area contributed by atoms with E-state index in [0.29, 0.717) is 35.5 Å². The minimum Gasteiger partial charge on any atom is -0.394 e. The molecule has 1 aromatic carbocycles. The summed E-state index contributed by atoms with van der Waals surface area (Å²) in [5.41, 5.74) is 3.10. The van der Waals surface area contributed by atoms with Crippen LogP contribution >= 0.6 is 23.2 Å². The van der Waals surface area contributed by atoms with Gasteiger partial charge in [0.25, 0.3) is 0 Å². The number of nitrogens with zero attached hydrogens (tertiary/aromatic N) is 2. The highest BCUT2D eigenvalue weighted by Crippen LogP contribution is 2.23. The number of halogens is 2. The maximum Gasteiger partial charge on any atom is 0.317 e. The molecule has 0 radical (unpaired) electrons. The number of nitrogens with one attached hydrogen (secondary N) is 2. The van der Waals surface area contributed by atoms with E-state index in [0.717, 1.165) is 23.1 Å². The minimum absolute atomic E-state index is 0.0298. The third-order valence-electron chi connectivity index (χ3n) is 4.48. The van der Waals surface area contributed by atoms with E-state index in [1.807, 2.05) is 25.3 Å². The SMILES string of the molecule is CC(CO)Nc1cc2c(cn1)CCN(C(=O)NCc1ccc(Cl)c(Cl)c1)C2. The summed E-state index contributed by atoms with van der Waals surface area (Å²) < 4.78 is 0. The third kappa shape index (κ3) is 5.03. The zero-order chi connectivity index (χ0) is 19.4. The van der Waals surface area contributed by atoms with Crippen LogP contribution in [0.25, 0.3) is 0 Å². The van der Waals surface area contributed by atoms with Crippen molar-refractivity contribution < 1.29 is 9.90 Å². The van der Waals surface area contributed by atoms with Crippen molar-refractivity contribution in [3.8, 4) is 0 Å². The van der Waals surface area contributed by atoms with Crippen molar-refractivity contribution in [2.75, 3.05) is 18.5 Å². The van der Waals surface area contributed by atoms with Gasteiger partial charge in [0.1, 0.15) is 5.82 Å². The molecule has 3 rings (SSSR count). The Morgan fingerprint density at radius 1 is 1.30 bits per heavy atom. The van der Waals surface area contributed by atoms with Crippen LogP contribution in [0.1, 0.15) is 23.6 Å². The van der Waals surface area contributed by atoms with Gasteiger partial charge in [-0.3, -0.25) is 0 Å². The number of fused-ring (bicyclic) bond motifs is 1. The molecule has 2 aromatic rings. The fourth-order valence-electron chi connectivity index (χ4n) is 2.93. The van der Waals surface area contributed by atoms with Gasteiger partial charge in [-0.25, -0.2) is 9.78 Å². The predicted octanol–water partition coefficient (Wildman–Crippen LogP) is 3.45. The highest BCUT2D eigenvalue weighted by Gasteiger charge is 2.21. The van der Waals surface area contributed by atoms with Gasteiger partial charge in [-0.2, -0.15) is 0 Å². The molecule has 1 aliphatic rings. The van der Waals surface area contributed by atoms with Crippen molar-refractivity contribution in [3.05, 3.63) is 57.2 Å². The van der Waals surface area contributed by atoms with E-state index in [9.17, 15) is 4.79 Å². The number of benzene rings is 1. The highest BCUT2D eigenvalue weighted by atomic mass is 35.5. The number of amides is 2. The number of anilines is 1. The van der Waals surface area contributed by atoms with Gasteiger partial charge in [0.15, 0.2) is 0 Å². The first kappa shape index (κ1) is 19.7. The second-order valence-corrected chi connectivity index (χ2v) is 7.46.